The van der Waals surface area contributed by atoms with E-state index in [-0.39, 0.29) is 0 Å². The van der Waals surface area contributed by atoms with Gasteiger partial charge in [0.05, 0.1) is 0 Å². The molecule has 0 saturated carbocycles. The van der Waals surface area contributed by atoms with E-state index in [2.05, 4.69) is 15.3 Å². The van der Waals surface area contributed by atoms with Crippen LogP contribution in [-0.4, -0.2) is 40.8 Å². The van der Waals surface area contributed by atoms with Gasteiger partial charge in [-0.2, -0.15) is 0 Å². The summed E-state index contributed by atoms with van der Waals surface area (Å²) in [5, 5.41) is 12.0. The van der Waals surface area contributed by atoms with Crippen LogP contribution in [0.2, 0.25) is 0 Å². The molecule has 0 amide bonds. The number of carbonyl (C=O) groups is 1. The molecule has 0 fully saturated rings. The second-order valence-corrected chi connectivity index (χ2v) is 4.11. The first-order chi connectivity index (χ1) is 8.52. The minimum Gasteiger partial charge on any atom is -0.480 e. The van der Waals surface area contributed by atoms with Crippen LogP contribution < -0.4 is 5.32 Å². The molecule has 6 nitrogen and oxygen atoms in total. The minimum absolute atomic E-state index is 0.491. The lowest BCUT2D eigenvalue weighted by atomic mass is 10.1. The van der Waals surface area contributed by atoms with Gasteiger partial charge in [0.1, 0.15) is 17.7 Å². The number of nitrogens with one attached hydrogen (secondary N) is 1. The SMILES string of the molecule is COCCCC(Nc1cc(C)nc(C)n1)C(=O)O. The molecule has 0 aromatic carbocycles. The Hall–Kier alpha value is -1.69. The predicted molar refractivity (Wildman–Crippen MR) is 67.7 cm³/mol. The molecule has 0 aliphatic rings. The zero-order valence-corrected chi connectivity index (χ0v) is 10.9. The maximum atomic E-state index is 11.1. The van der Waals surface area contributed by atoms with Crippen molar-refractivity contribution >= 4 is 11.8 Å². The number of ether oxygens (including phenoxy) is 1. The fraction of sp³-hybridized carbons (Fsp3) is 0.583. The maximum Gasteiger partial charge on any atom is 0.326 e. The summed E-state index contributed by atoms with van der Waals surface area (Å²) in [4.78, 5) is 19.4. The fourth-order valence-corrected chi connectivity index (χ4v) is 1.66. The molecular weight excluding hydrogens is 234 g/mol. The van der Waals surface area contributed by atoms with Crippen LogP contribution in [0.5, 0.6) is 0 Å². The Bertz CT molecular complexity index is 389. The lowest BCUT2D eigenvalue weighted by molar-refractivity contribution is -0.138. The van der Waals surface area contributed by atoms with E-state index in [4.69, 9.17) is 9.84 Å². The molecule has 0 aliphatic carbocycles. The number of carboxylic acid groups (broad SMARTS) is 1. The quantitative estimate of drug-likeness (QED) is 0.714. The summed E-state index contributed by atoms with van der Waals surface area (Å²) in [6.07, 6.45) is 1.18. The summed E-state index contributed by atoms with van der Waals surface area (Å²) in [5.74, 6) is 0.281. The third kappa shape index (κ3) is 4.67. The minimum atomic E-state index is -0.889. The number of methoxy groups -OCH3 is 1. The summed E-state index contributed by atoms with van der Waals surface area (Å²) < 4.78 is 4.91. The smallest absolute Gasteiger partial charge is 0.326 e. The number of carboxylic acids is 1. The van der Waals surface area contributed by atoms with Crippen molar-refractivity contribution in [2.24, 2.45) is 0 Å². The van der Waals surface area contributed by atoms with E-state index in [1.165, 1.54) is 0 Å². The maximum absolute atomic E-state index is 11.1. The molecule has 0 spiro atoms. The Kier molecular flexibility index (Phi) is 5.51. The Morgan fingerprint density at radius 3 is 2.78 bits per heavy atom. The lowest BCUT2D eigenvalue weighted by Crippen LogP contribution is -2.30. The third-order valence-corrected chi connectivity index (χ3v) is 2.43. The van der Waals surface area contributed by atoms with E-state index in [1.54, 1.807) is 20.1 Å². The summed E-state index contributed by atoms with van der Waals surface area (Å²) in [6, 6.07) is 1.08. The molecule has 1 unspecified atom stereocenters. The second kappa shape index (κ2) is 6.90. The Morgan fingerprint density at radius 1 is 1.50 bits per heavy atom. The molecule has 2 N–H and O–H groups in total. The second-order valence-electron chi connectivity index (χ2n) is 4.11. The van der Waals surface area contributed by atoms with E-state index in [0.29, 0.717) is 31.1 Å². The van der Waals surface area contributed by atoms with Gasteiger partial charge < -0.3 is 15.2 Å². The van der Waals surface area contributed by atoms with E-state index in [0.717, 1.165) is 5.69 Å². The number of aliphatic carboxylic acids is 1. The fourth-order valence-electron chi connectivity index (χ4n) is 1.66. The molecule has 0 radical (unpaired) electrons. The normalized spacial score (nSPS) is 12.2. The average Bonchev–Trinajstić information content (AvgIpc) is 2.26. The van der Waals surface area contributed by atoms with Crippen molar-refractivity contribution in [2.75, 3.05) is 19.0 Å². The standard InChI is InChI=1S/C12H19N3O3/c1-8-7-11(14-9(2)13-8)15-10(12(16)17)5-4-6-18-3/h7,10H,4-6H2,1-3H3,(H,16,17)(H,13,14,15). The van der Waals surface area contributed by atoms with Crippen LogP contribution in [0, 0.1) is 13.8 Å². The number of aryl methyl sites for hydroxylation is 2. The topological polar surface area (TPSA) is 84.3 Å². The molecule has 0 aliphatic heterocycles. The summed E-state index contributed by atoms with van der Waals surface area (Å²) in [5.41, 5.74) is 0.811. The number of nitrogens with zero attached hydrogens (tertiary/aromatic N) is 2. The van der Waals surface area contributed by atoms with Crippen LogP contribution in [0.15, 0.2) is 6.07 Å². The summed E-state index contributed by atoms with van der Waals surface area (Å²) in [7, 11) is 1.60. The van der Waals surface area contributed by atoms with E-state index < -0.39 is 12.0 Å². The molecule has 1 aromatic heterocycles. The van der Waals surface area contributed by atoms with Gasteiger partial charge in [0.15, 0.2) is 0 Å². The van der Waals surface area contributed by atoms with Gasteiger partial charge in [-0.15, -0.1) is 0 Å². The van der Waals surface area contributed by atoms with E-state index in [9.17, 15) is 4.79 Å². The highest BCUT2D eigenvalue weighted by atomic mass is 16.5. The first-order valence-corrected chi connectivity index (χ1v) is 5.83. The van der Waals surface area contributed by atoms with Gasteiger partial charge in [-0.1, -0.05) is 0 Å². The van der Waals surface area contributed by atoms with E-state index in [1.807, 2.05) is 6.92 Å². The van der Waals surface area contributed by atoms with E-state index >= 15 is 0 Å². The molecule has 0 saturated heterocycles. The van der Waals surface area contributed by atoms with Gasteiger partial charge in [0.25, 0.3) is 0 Å². The first-order valence-electron chi connectivity index (χ1n) is 5.83. The zero-order chi connectivity index (χ0) is 13.5. The van der Waals surface area contributed by atoms with Gasteiger partial charge in [0, 0.05) is 25.5 Å². The van der Waals surface area contributed by atoms with Gasteiger partial charge in [-0.25, -0.2) is 14.8 Å². The van der Waals surface area contributed by atoms with Gasteiger partial charge in [0.2, 0.25) is 0 Å². The third-order valence-electron chi connectivity index (χ3n) is 2.43. The number of rotatable bonds is 7. The number of hydrogen-bond donors (Lipinski definition) is 2. The molecule has 1 atom stereocenters. The molecule has 0 bridgehead atoms. The van der Waals surface area contributed by atoms with Crippen molar-refractivity contribution < 1.29 is 14.6 Å². The van der Waals surface area contributed by atoms with Crippen LogP contribution >= 0.6 is 0 Å². The molecule has 18 heavy (non-hydrogen) atoms. The number of anilines is 1. The highest BCUT2D eigenvalue weighted by Gasteiger charge is 2.17. The van der Waals surface area contributed by atoms with Crippen LogP contribution in [0.25, 0.3) is 0 Å². The highest BCUT2D eigenvalue weighted by molar-refractivity contribution is 5.76. The zero-order valence-electron chi connectivity index (χ0n) is 10.9. The summed E-state index contributed by atoms with van der Waals surface area (Å²) in [6.45, 7) is 4.17. The van der Waals surface area contributed by atoms with Crippen molar-refractivity contribution in [1.82, 2.24) is 9.97 Å². The predicted octanol–water partition coefficient (Wildman–Crippen LogP) is 1.39. The van der Waals surface area contributed by atoms with Gasteiger partial charge >= 0.3 is 5.97 Å². The van der Waals surface area contributed by atoms with Crippen molar-refractivity contribution in [3.8, 4) is 0 Å². The Balaban J connectivity index is 2.67. The molecule has 1 heterocycles. The van der Waals surface area contributed by atoms with Crippen molar-refractivity contribution in [3.05, 3.63) is 17.6 Å². The Morgan fingerprint density at radius 2 is 2.22 bits per heavy atom. The van der Waals surface area contributed by atoms with Crippen LogP contribution in [0.3, 0.4) is 0 Å². The monoisotopic (exact) mass is 253 g/mol. The Labute approximate surface area is 106 Å². The largest absolute Gasteiger partial charge is 0.480 e. The van der Waals surface area contributed by atoms with Crippen molar-refractivity contribution in [1.29, 1.82) is 0 Å². The molecule has 6 heteroatoms. The molecule has 1 rings (SSSR count). The lowest BCUT2D eigenvalue weighted by Gasteiger charge is -2.15. The first kappa shape index (κ1) is 14.4. The molecule has 100 valence electrons. The van der Waals surface area contributed by atoms with Gasteiger partial charge in [-0.3, -0.25) is 0 Å². The number of hydrogen-bond acceptors (Lipinski definition) is 5. The summed E-state index contributed by atoms with van der Waals surface area (Å²) >= 11 is 0. The molecule has 1 aromatic rings. The van der Waals surface area contributed by atoms with Crippen molar-refractivity contribution in [2.45, 2.75) is 32.7 Å². The molecular formula is C12H19N3O3. The van der Waals surface area contributed by atoms with Gasteiger partial charge in [-0.05, 0) is 26.7 Å². The van der Waals surface area contributed by atoms with Crippen LogP contribution in [0.1, 0.15) is 24.4 Å². The highest BCUT2D eigenvalue weighted by Crippen LogP contribution is 2.10. The number of aromatic nitrogens is 2. The van der Waals surface area contributed by atoms with Crippen molar-refractivity contribution in [3.63, 3.8) is 0 Å². The van der Waals surface area contributed by atoms with Crippen LogP contribution in [-0.2, 0) is 9.53 Å². The van der Waals surface area contributed by atoms with Crippen LogP contribution in [0.4, 0.5) is 5.82 Å². The average molecular weight is 253 g/mol.